The number of benzene rings is 2. The van der Waals surface area contributed by atoms with Gasteiger partial charge in [0.05, 0.1) is 0 Å². The number of hydrogen-bond acceptors (Lipinski definition) is 2. The molecule has 2 aliphatic heterocycles. The van der Waals surface area contributed by atoms with Gasteiger partial charge in [0.25, 0.3) is 5.91 Å². The zero-order chi connectivity index (χ0) is 19.5. The van der Waals surface area contributed by atoms with Crippen molar-refractivity contribution in [3.05, 3.63) is 58.7 Å². The Labute approximate surface area is 173 Å². The topological polar surface area (TPSA) is 32.3 Å². The molecular weight excluding hydrogens is 356 g/mol. The second-order valence-corrected chi connectivity index (χ2v) is 9.77. The zero-order valence-electron chi connectivity index (χ0n) is 17.3. The van der Waals surface area contributed by atoms with Gasteiger partial charge in [-0.25, -0.2) is 0 Å². The molecule has 0 bridgehead atoms. The van der Waals surface area contributed by atoms with Gasteiger partial charge in [0.1, 0.15) is 0 Å². The number of anilines is 2. The molecule has 3 heteroatoms. The summed E-state index contributed by atoms with van der Waals surface area (Å²) in [5.74, 6) is 3.00. The van der Waals surface area contributed by atoms with E-state index >= 15 is 0 Å². The lowest BCUT2D eigenvalue weighted by Gasteiger charge is -2.46. The first-order valence-corrected chi connectivity index (χ1v) is 11.5. The van der Waals surface area contributed by atoms with Gasteiger partial charge < -0.3 is 10.2 Å². The molecule has 2 aromatic carbocycles. The van der Waals surface area contributed by atoms with Crippen molar-refractivity contribution in [3.63, 3.8) is 0 Å². The van der Waals surface area contributed by atoms with Crippen LogP contribution in [-0.2, 0) is 0 Å². The SMILES string of the molecule is Cc1ccccc1C(=O)Nc1cc2c3c(c1)[C@@H]1CCC[C@@H]1CN3C[C@@H]1CCC[C@H]21. The summed E-state index contributed by atoms with van der Waals surface area (Å²) in [6, 6.07) is 12.5. The Balaban J connectivity index is 1.43. The van der Waals surface area contributed by atoms with Crippen molar-refractivity contribution < 1.29 is 4.79 Å². The summed E-state index contributed by atoms with van der Waals surface area (Å²) >= 11 is 0. The van der Waals surface area contributed by atoms with Gasteiger partial charge >= 0.3 is 0 Å². The second kappa shape index (κ2) is 6.62. The minimum Gasteiger partial charge on any atom is -0.370 e. The second-order valence-electron chi connectivity index (χ2n) is 9.77. The maximum Gasteiger partial charge on any atom is 0.255 e. The van der Waals surface area contributed by atoms with Crippen LogP contribution in [0.3, 0.4) is 0 Å². The third-order valence-electron chi connectivity index (χ3n) is 8.16. The summed E-state index contributed by atoms with van der Waals surface area (Å²) in [5, 5.41) is 3.27. The van der Waals surface area contributed by atoms with E-state index in [9.17, 15) is 4.79 Å². The van der Waals surface area contributed by atoms with Gasteiger partial charge in [-0.3, -0.25) is 4.79 Å². The molecule has 2 aromatic rings. The van der Waals surface area contributed by atoms with Gasteiger partial charge in [-0.2, -0.15) is 0 Å². The number of amides is 1. The first-order chi connectivity index (χ1) is 14.2. The van der Waals surface area contributed by atoms with Gasteiger partial charge in [-0.1, -0.05) is 31.0 Å². The van der Waals surface area contributed by atoms with Crippen molar-refractivity contribution >= 4 is 17.3 Å². The molecule has 0 spiro atoms. The highest BCUT2D eigenvalue weighted by atomic mass is 16.1. The van der Waals surface area contributed by atoms with Crippen LogP contribution in [0.4, 0.5) is 11.4 Å². The Hall–Kier alpha value is -2.29. The molecule has 1 amide bonds. The molecule has 0 saturated heterocycles. The number of nitrogens with zero attached hydrogens (tertiary/aromatic N) is 1. The van der Waals surface area contributed by atoms with Crippen LogP contribution in [0.5, 0.6) is 0 Å². The maximum absolute atomic E-state index is 13.0. The lowest BCUT2D eigenvalue weighted by molar-refractivity contribution is 0.102. The summed E-state index contributed by atoms with van der Waals surface area (Å²) in [6.07, 6.45) is 8.06. The Bertz CT molecular complexity index is 935. The minimum absolute atomic E-state index is 0.0182. The van der Waals surface area contributed by atoms with Crippen LogP contribution < -0.4 is 10.2 Å². The molecule has 2 aliphatic carbocycles. The summed E-state index contributed by atoms with van der Waals surface area (Å²) in [4.78, 5) is 15.7. The summed E-state index contributed by atoms with van der Waals surface area (Å²) < 4.78 is 0. The highest BCUT2D eigenvalue weighted by molar-refractivity contribution is 6.05. The lowest BCUT2D eigenvalue weighted by atomic mass is 9.75. The Morgan fingerprint density at radius 3 is 2.17 bits per heavy atom. The molecule has 150 valence electrons. The van der Waals surface area contributed by atoms with E-state index in [1.165, 1.54) is 62.7 Å². The number of carbonyl (C=O) groups excluding carboxylic acids is 1. The van der Waals surface area contributed by atoms with Gasteiger partial charge in [0.2, 0.25) is 0 Å². The first kappa shape index (κ1) is 17.6. The predicted molar refractivity (Wildman–Crippen MR) is 118 cm³/mol. The highest BCUT2D eigenvalue weighted by Crippen LogP contribution is 2.56. The van der Waals surface area contributed by atoms with Crippen molar-refractivity contribution in [2.45, 2.75) is 57.3 Å². The number of hydrogen-bond donors (Lipinski definition) is 1. The molecule has 2 fully saturated rings. The summed E-state index contributed by atoms with van der Waals surface area (Å²) in [7, 11) is 0. The van der Waals surface area contributed by atoms with E-state index in [4.69, 9.17) is 0 Å². The predicted octanol–water partition coefficient (Wildman–Crippen LogP) is 5.85. The largest absolute Gasteiger partial charge is 0.370 e. The van der Waals surface area contributed by atoms with E-state index in [0.29, 0.717) is 11.8 Å². The summed E-state index contributed by atoms with van der Waals surface area (Å²) in [6.45, 7) is 4.52. The Kier molecular flexibility index (Phi) is 4.01. The monoisotopic (exact) mass is 386 g/mol. The average molecular weight is 387 g/mol. The van der Waals surface area contributed by atoms with Crippen LogP contribution >= 0.6 is 0 Å². The molecule has 1 N–H and O–H groups in total. The molecule has 2 saturated carbocycles. The van der Waals surface area contributed by atoms with Gasteiger partial charge in [0, 0.05) is 30.0 Å². The van der Waals surface area contributed by atoms with E-state index in [1.807, 2.05) is 31.2 Å². The number of aryl methyl sites for hydroxylation is 1. The van der Waals surface area contributed by atoms with Crippen LogP contribution in [0.2, 0.25) is 0 Å². The lowest BCUT2D eigenvalue weighted by Crippen LogP contribution is -2.43. The number of nitrogens with one attached hydrogen (secondary N) is 1. The van der Waals surface area contributed by atoms with Gasteiger partial charge in [0.15, 0.2) is 0 Å². The highest BCUT2D eigenvalue weighted by Gasteiger charge is 2.44. The van der Waals surface area contributed by atoms with Crippen LogP contribution in [0.15, 0.2) is 36.4 Å². The van der Waals surface area contributed by atoms with Gasteiger partial charge in [-0.05, 0) is 91.2 Å². The normalized spacial score (nSPS) is 29.2. The van der Waals surface area contributed by atoms with Crippen molar-refractivity contribution in [2.75, 3.05) is 23.3 Å². The third-order valence-corrected chi connectivity index (χ3v) is 8.16. The van der Waals surface area contributed by atoms with Crippen LogP contribution in [-0.4, -0.2) is 19.0 Å². The molecule has 29 heavy (non-hydrogen) atoms. The fourth-order valence-electron chi connectivity index (χ4n) is 6.86. The summed E-state index contributed by atoms with van der Waals surface area (Å²) in [5.41, 5.74) is 7.42. The van der Waals surface area contributed by atoms with E-state index in [1.54, 1.807) is 5.69 Å². The molecule has 0 aromatic heterocycles. The minimum atomic E-state index is 0.0182. The fraction of sp³-hybridized carbons (Fsp3) is 0.500. The Morgan fingerprint density at radius 2 is 1.55 bits per heavy atom. The molecular formula is C26H30N2O. The van der Waals surface area contributed by atoms with Crippen molar-refractivity contribution in [1.82, 2.24) is 0 Å². The smallest absolute Gasteiger partial charge is 0.255 e. The number of fused-ring (bicyclic) bond motifs is 4. The zero-order valence-corrected chi connectivity index (χ0v) is 17.3. The van der Waals surface area contributed by atoms with Crippen LogP contribution in [0.25, 0.3) is 0 Å². The van der Waals surface area contributed by atoms with E-state index in [2.05, 4.69) is 22.3 Å². The molecule has 3 nitrogen and oxygen atoms in total. The standard InChI is InChI=1S/C26H30N2O/c1-16-6-2-3-9-20(16)26(29)27-19-12-23-21-10-4-7-17(21)14-28-15-18-8-5-11-22(18)24(13-19)25(23)28/h2-3,6,9,12-13,17-18,21-22H,4-5,7-8,10-11,14-15H2,1H3,(H,27,29)/t17-,18+,21-,22+. The molecule has 0 radical (unpaired) electrons. The number of rotatable bonds is 2. The third kappa shape index (κ3) is 2.73. The van der Waals surface area contributed by atoms with Crippen molar-refractivity contribution in [2.24, 2.45) is 11.8 Å². The van der Waals surface area contributed by atoms with E-state index in [0.717, 1.165) is 28.7 Å². The first-order valence-electron chi connectivity index (χ1n) is 11.5. The quantitative estimate of drug-likeness (QED) is 0.702. The molecule has 4 aliphatic rings. The van der Waals surface area contributed by atoms with Crippen LogP contribution in [0, 0.1) is 18.8 Å². The van der Waals surface area contributed by atoms with Gasteiger partial charge in [-0.15, -0.1) is 0 Å². The molecule has 6 rings (SSSR count). The fourth-order valence-corrected chi connectivity index (χ4v) is 6.86. The molecule has 4 atom stereocenters. The Morgan fingerprint density at radius 1 is 0.931 bits per heavy atom. The molecule has 2 heterocycles. The van der Waals surface area contributed by atoms with Crippen molar-refractivity contribution in [3.8, 4) is 0 Å². The number of carbonyl (C=O) groups is 1. The van der Waals surface area contributed by atoms with Crippen molar-refractivity contribution in [1.29, 1.82) is 0 Å². The van der Waals surface area contributed by atoms with E-state index < -0.39 is 0 Å². The average Bonchev–Trinajstić information content (AvgIpc) is 3.37. The van der Waals surface area contributed by atoms with E-state index in [-0.39, 0.29) is 5.91 Å². The maximum atomic E-state index is 13.0. The molecule has 0 unspecified atom stereocenters. The van der Waals surface area contributed by atoms with Crippen LogP contribution in [0.1, 0.15) is 77.4 Å².